The molecule has 0 radical (unpaired) electrons. The topological polar surface area (TPSA) is 79.6 Å². The molecule has 0 spiro atoms. The Bertz CT molecular complexity index is 838. The second-order valence-corrected chi connectivity index (χ2v) is 7.31. The van der Waals surface area contributed by atoms with Crippen LogP contribution in [0.4, 0.5) is 5.69 Å². The number of aromatic nitrogens is 3. The second-order valence-electron chi connectivity index (χ2n) is 7.31. The number of guanidine groups is 1. The van der Waals surface area contributed by atoms with Gasteiger partial charge in [-0.15, -0.1) is 34.2 Å². The standard InChI is InChI=1S/C20H29N7O.HI/c1-21-20(22-13-19-25-24-18-9-5-6-11-27(18)19)23-15-10-12-26(14-15)16-7-3-4-8-17(16)28-2;/h3-4,7-8,15H,5-6,9-14H2,1-2H3,(H2,21,22,23);1H. The van der Waals surface area contributed by atoms with E-state index in [4.69, 9.17) is 4.74 Å². The smallest absolute Gasteiger partial charge is 0.191 e. The molecule has 1 saturated heterocycles. The summed E-state index contributed by atoms with van der Waals surface area (Å²) in [6.07, 6.45) is 4.49. The molecule has 1 atom stereocenters. The van der Waals surface area contributed by atoms with Gasteiger partial charge in [-0.05, 0) is 31.4 Å². The van der Waals surface area contributed by atoms with Crippen molar-refractivity contribution in [2.75, 3.05) is 32.1 Å². The van der Waals surface area contributed by atoms with E-state index in [-0.39, 0.29) is 24.0 Å². The lowest BCUT2D eigenvalue weighted by molar-refractivity contribution is 0.415. The van der Waals surface area contributed by atoms with E-state index in [1.54, 1.807) is 7.11 Å². The molecule has 1 fully saturated rings. The van der Waals surface area contributed by atoms with Crippen LogP contribution in [0.5, 0.6) is 5.75 Å². The first-order valence-electron chi connectivity index (χ1n) is 10.0. The number of methoxy groups -OCH3 is 1. The number of aryl methyl sites for hydroxylation is 1. The van der Waals surface area contributed by atoms with Crippen molar-refractivity contribution in [3.63, 3.8) is 0 Å². The number of halogens is 1. The van der Waals surface area contributed by atoms with Crippen molar-refractivity contribution in [1.29, 1.82) is 0 Å². The van der Waals surface area contributed by atoms with Gasteiger partial charge < -0.3 is 24.8 Å². The van der Waals surface area contributed by atoms with E-state index < -0.39 is 0 Å². The molecule has 158 valence electrons. The Morgan fingerprint density at radius 2 is 2.10 bits per heavy atom. The quantitative estimate of drug-likeness (QED) is 0.364. The summed E-state index contributed by atoms with van der Waals surface area (Å²) in [4.78, 5) is 6.75. The zero-order chi connectivity index (χ0) is 19.3. The monoisotopic (exact) mass is 511 g/mol. The van der Waals surface area contributed by atoms with Gasteiger partial charge in [-0.3, -0.25) is 4.99 Å². The number of nitrogens with one attached hydrogen (secondary N) is 2. The Balaban J connectivity index is 0.00000240. The molecule has 2 aliphatic heterocycles. The molecule has 2 N–H and O–H groups in total. The largest absolute Gasteiger partial charge is 0.495 e. The van der Waals surface area contributed by atoms with Crippen LogP contribution in [0.3, 0.4) is 0 Å². The number of hydrogen-bond donors (Lipinski definition) is 2. The van der Waals surface area contributed by atoms with Crippen molar-refractivity contribution in [2.24, 2.45) is 4.99 Å². The summed E-state index contributed by atoms with van der Waals surface area (Å²) in [6, 6.07) is 8.52. The third-order valence-corrected chi connectivity index (χ3v) is 5.53. The lowest BCUT2D eigenvalue weighted by Crippen LogP contribution is -2.44. The molecule has 29 heavy (non-hydrogen) atoms. The van der Waals surface area contributed by atoms with Gasteiger partial charge in [0.05, 0.1) is 19.3 Å². The molecule has 0 amide bonds. The SMILES string of the molecule is CN=C(NCc1nnc2n1CCCC2)NC1CCN(c2ccccc2OC)C1.I. The molecule has 0 aliphatic carbocycles. The van der Waals surface area contributed by atoms with Crippen molar-refractivity contribution >= 4 is 35.6 Å². The lowest BCUT2D eigenvalue weighted by atomic mass is 10.2. The van der Waals surface area contributed by atoms with E-state index in [2.05, 4.69) is 47.4 Å². The highest BCUT2D eigenvalue weighted by molar-refractivity contribution is 14.0. The van der Waals surface area contributed by atoms with Crippen LogP contribution >= 0.6 is 24.0 Å². The molecule has 2 aromatic rings. The van der Waals surface area contributed by atoms with Crippen molar-refractivity contribution in [1.82, 2.24) is 25.4 Å². The fourth-order valence-corrected chi connectivity index (χ4v) is 4.04. The van der Waals surface area contributed by atoms with Crippen molar-refractivity contribution < 1.29 is 4.74 Å². The van der Waals surface area contributed by atoms with Gasteiger partial charge in [0.15, 0.2) is 11.8 Å². The molecule has 0 bridgehead atoms. The third kappa shape index (κ3) is 4.93. The number of aliphatic imine (C=N–C) groups is 1. The summed E-state index contributed by atoms with van der Waals surface area (Å²) >= 11 is 0. The lowest BCUT2D eigenvalue weighted by Gasteiger charge is -2.22. The van der Waals surface area contributed by atoms with E-state index in [1.807, 2.05) is 19.2 Å². The molecule has 3 heterocycles. The van der Waals surface area contributed by atoms with Crippen molar-refractivity contribution in [3.05, 3.63) is 35.9 Å². The Morgan fingerprint density at radius 3 is 2.93 bits per heavy atom. The van der Waals surface area contributed by atoms with Crippen LogP contribution in [-0.4, -0.2) is 54.0 Å². The second kappa shape index (κ2) is 10.1. The van der Waals surface area contributed by atoms with Crippen molar-refractivity contribution in [2.45, 2.75) is 44.8 Å². The maximum absolute atomic E-state index is 5.51. The van der Waals surface area contributed by atoms with Gasteiger partial charge in [0.2, 0.25) is 0 Å². The summed E-state index contributed by atoms with van der Waals surface area (Å²) < 4.78 is 7.75. The first-order valence-corrected chi connectivity index (χ1v) is 10.0. The van der Waals surface area contributed by atoms with Gasteiger partial charge in [-0.25, -0.2) is 0 Å². The normalized spacial score (nSPS) is 18.8. The van der Waals surface area contributed by atoms with E-state index in [0.717, 1.165) is 61.5 Å². The predicted octanol–water partition coefficient (Wildman–Crippen LogP) is 2.18. The zero-order valence-electron chi connectivity index (χ0n) is 17.1. The molecule has 4 rings (SSSR count). The molecule has 1 unspecified atom stereocenters. The average Bonchev–Trinajstić information content (AvgIpc) is 3.38. The fourth-order valence-electron chi connectivity index (χ4n) is 4.04. The molecule has 0 saturated carbocycles. The molecular formula is C20H30IN7O. The molecule has 9 heteroatoms. The molecule has 1 aromatic carbocycles. The van der Waals surface area contributed by atoms with Gasteiger partial charge in [0.25, 0.3) is 0 Å². The summed E-state index contributed by atoms with van der Waals surface area (Å²) in [6.45, 7) is 3.56. The minimum Gasteiger partial charge on any atom is -0.495 e. The number of para-hydroxylation sites is 2. The Kier molecular flexibility index (Phi) is 7.57. The summed E-state index contributed by atoms with van der Waals surface area (Å²) in [5.74, 6) is 3.82. The van der Waals surface area contributed by atoms with Crippen LogP contribution in [0, 0.1) is 0 Å². The van der Waals surface area contributed by atoms with Crippen molar-refractivity contribution in [3.8, 4) is 5.75 Å². The highest BCUT2D eigenvalue weighted by Gasteiger charge is 2.25. The Hall–Kier alpha value is -2.04. The Morgan fingerprint density at radius 1 is 1.24 bits per heavy atom. The number of nitrogens with zero attached hydrogens (tertiary/aromatic N) is 5. The molecule has 1 aromatic heterocycles. The van der Waals surface area contributed by atoms with Crippen LogP contribution in [0.1, 0.15) is 30.9 Å². The van der Waals surface area contributed by atoms with Crippen LogP contribution in [0.25, 0.3) is 0 Å². The number of rotatable bonds is 5. The zero-order valence-corrected chi connectivity index (χ0v) is 19.4. The summed E-state index contributed by atoms with van der Waals surface area (Å²) in [7, 11) is 3.53. The average molecular weight is 511 g/mol. The van der Waals surface area contributed by atoms with Crippen LogP contribution in [-0.2, 0) is 19.5 Å². The molecule has 2 aliphatic rings. The number of hydrogen-bond acceptors (Lipinski definition) is 5. The first kappa shape index (κ1) is 21.7. The van der Waals surface area contributed by atoms with E-state index in [9.17, 15) is 0 Å². The highest BCUT2D eigenvalue weighted by atomic mass is 127. The van der Waals surface area contributed by atoms with Gasteiger partial charge in [-0.1, -0.05) is 12.1 Å². The van der Waals surface area contributed by atoms with Gasteiger partial charge in [0.1, 0.15) is 11.6 Å². The van der Waals surface area contributed by atoms with Crippen LogP contribution < -0.4 is 20.3 Å². The highest BCUT2D eigenvalue weighted by Crippen LogP contribution is 2.30. The predicted molar refractivity (Wildman–Crippen MR) is 125 cm³/mol. The molecular weight excluding hydrogens is 481 g/mol. The number of anilines is 1. The van der Waals surface area contributed by atoms with E-state index >= 15 is 0 Å². The third-order valence-electron chi connectivity index (χ3n) is 5.53. The maximum atomic E-state index is 5.51. The first-order chi connectivity index (χ1) is 13.8. The minimum absolute atomic E-state index is 0. The number of benzene rings is 1. The van der Waals surface area contributed by atoms with Gasteiger partial charge in [0, 0.05) is 39.1 Å². The Labute approximate surface area is 189 Å². The minimum atomic E-state index is 0. The summed E-state index contributed by atoms with van der Waals surface area (Å²) in [5, 5.41) is 15.6. The maximum Gasteiger partial charge on any atom is 0.191 e. The van der Waals surface area contributed by atoms with Crippen LogP contribution in [0.15, 0.2) is 29.3 Å². The van der Waals surface area contributed by atoms with Gasteiger partial charge >= 0.3 is 0 Å². The van der Waals surface area contributed by atoms with Gasteiger partial charge in [-0.2, -0.15) is 0 Å². The van der Waals surface area contributed by atoms with E-state index in [0.29, 0.717) is 12.6 Å². The summed E-state index contributed by atoms with van der Waals surface area (Å²) in [5.41, 5.74) is 1.15. The van der Waals surface area contributed by atoms with Crippen LogP contribution in [0.2, 0.25) is 0 Å². The van der Waals surface area contributed by atoms with E-state index in [1.165, 1.54) is 12.8 Å². The number of ether oxygens (including phenoxy) is 1. The molecule has 8 nitrogen and oxygen atoms in total. The number of fused-ring (bicyclic) bond motifs is 1. The fraction of sp³-hybridized carbons (Fsp3) is 0.550.